The van der Waals surface area contributed by atoms with Crippen LogP contribution >= 0.6 is 12.2 Å². The van der Waals surface area contributed by atoms with Crippen molar-refractivity contribution in [2.24, 2.45) is 5.92 Å². The number of anilines is 3. The molecule has 4 heteroatoms. The normalized spacial score (nSPS) is 17.6. The van der Waals surface area contributed by atoms with Gasteiger partial charge in [0, 0.05) is 30.2 Å². The standard InChI is InChI=1S/C19H23N3S/c1-15-6-5-13-22(14-15)19(23)21-18-11-9-17(10-12-18)20-16-7-3-2-4-8-16/h2-4,7-12,15,20H,5-6,13-14H2,1H3,(H,21,23)/t15-/m1/s1. The third kappa shape index (κ3) is 4.45. The fraction of sp³-hybridized carbons (Fsp3) is 0.316. The van der Waals surface area contributed by atoms with Crippen LogP contribution in [0.25, 0.3) is 0 Å². The highest BCUT2D eigenvalue weighted by molar-refractivity contribution is 7.80. The molecule has 0 bridgehead atoms. The van der Waals surface area contributed by atoms with Gasteiger partial charge in [0.2, 0.25) is 0 Å². The van der Waals surface area contributed by atoms with E-state index in [1.165, 1.54) is 12.8 Å². The molecule has 1 aliphatic rings. The minimum atomic E-state index is 0.723. The zero-order chi connectivity index (χ0) is 16.1. The lowest BCUT2D eigenvalue weighted by atomic mass is 10.0. The van der Waals surface area contributed by atoms with Crippen molar-refractivity contribution >= 4 is 34.4 Å². The van der Waals surface area contributed by atoms with Crippen molar-refractivity contribution in [1.82, 2.24) is 4.90 Å². The Morgan fingerprint density at radius 2 is 1.65 bits per heavy atom. The Kier molecular flexibility index (Phi) is 5.13. The second-order valence-electron chi connectivity index (χ2n) is 6.19. The van der Waals surface area contributed by atoms with Crippen LogP contribution in [0.3, 0.4) is 0 Å². The average molecular weight is 325 g/mol. The summed E-state index contributed by atoms with van der Waals surface area (Å²) in [7, 11) is 0. The molecule has 3 nitrogen and oxygen atoms in total. The largest absolute Gasteiger partial charge is 0.356 e. The van der Waals surface area contributed by atoms with Gasteiger partial charge >= 0.3 is 0 Å². The maximum absolute atomic E-state index is 5.55. The summed E-state index contributed by atoms with van der Waals surface area (Å²) >= 11 is 5.55. The minimum absolute atomic E-state index is 0.723. The molecule has 120 valence electrons. The Balaban J connectivity index is 1.58. The van der Waals surface area contributed by atoms with Gasteiger partial charge in [-0.05, 0) is 67.4 Å². The van der Waals surface area contributed by atoms with Crippen molar-refractivity contribution in [3.8, 4) is 0 Å². The summed E-state index contributed by atoms with van der Waals surface area (Å²) in [5.74, 6) is 0.723. The number of nitrogens with zero attached hydrogens (tertiary/aromatic N) is 1. The summed E-state index contributed by atoms with van der Waals surface area (Å²) in [6.07, 6.45) is 2.53. The smallest absolute Gasteiger partial charge is 0.173 e. The van der Waals surface area contributed by atoms with Gasteiger partial charge in [-0.3, -0.25) is 0 Å². The van der Waals surface area contributed by atoms with Crippen LogP contribution in [-0.2, 0) is 0 Å². The third-order valence-electron chi connectivity index (χ3n) is 4.14. The highest BCUT2D eigenvalue weighted by atomic mass is 32.1. The van der Waals surface area contributed by atoms with Gasteiger partial charge in [-0.25, -0.2) is 0 Å². The first kappa shape index (κ1) is 15.8. The van der Waals surface area contributed by atoms with E-state index >= 15 is 0 Å². The predicted molar refractivity (Wildman–Crippen MR) is 102 cm³/mol. The maximum atomic E-state index is 5.55. The molecule has 0 spiro atoms. The number of hydrogen-bond donors (Lipinski definition) is 2. The lowest BCUT2D eigenvalue weighted by Crippen LogP contribution is -2.41. The molecule has 23 heavy (non-hydrogen) atoms. The Morgan fingerprint density at radius 3 is 2.35 bits per heavy atom. The number of piperidine rings is 1. The van der Waals surface area contributed by atoms with Gasteiger partial charge in [0.25, 0.3) is 0 Å². The quantitative estimate of drug-likeness (QED) is 0.788. The van der Waals surface area contributed by atoms with Crippen LogP contribution in [-0.4, -0.2) is 23.1 Å². The fourth-order valence-corrected chi connectivity index (χ4v) is 3.19. The average Bonchev–Trinajstić information content (AvgIpc) is 2.57. The predicted octanol–water partition coefficient (Wildman–Crippen LogP) is 4.86. The molecule has 2 N–H and O–H groups in total. The van der Waals surface area contributed by atoms with Crippen LogP contribution in [0.5, 0.6) is 0 Å². The van der Waals surface area contributed by atoms with E-state index in [1.54, 1.807) is 0 Å². The van der Waals surface area contributed by atoms with E-state index in [0.717, 1.165) is 41.2 Å². The molecular weight excluding hydrogens is 302 g/mol. The van der Waals surface area contributed by atoms with Crippen LogP contribution < -0.4 is 10.6 Å². The number of likely N-dealkylation sites (tertiary alicyclic amines) is 1. The third-order valence-corrected chi connectivity index (χ3v) is 4.50. The van der Waals surface area contributed by atoms with Gasteiger partial charge in [-0.1, -0.05) is 25.1 Å². The molecule has 1 heterocycles. The molecular formula is C19H23N3S. The van der Waals surface area contributed by atoms with Gasteiger partial charge in [-0.15, -0.1) is 0 Å². The Hall–Kier alpha value is -2.07. The summed E-state index contributed by atoms with van der Waals surface area (Å²) < 4.78 is 0. The first-order chi connectivity index (χ1) is 11.2. The van der Waals surface area contributed by atoms with E-state index in [-0.39, 0.29) is 0 Å². The highest BCUT2D eigenvalue weighted by Gasteiger charge is 2.18. The molecule has 3 rings (SSSR count). The Morgan fingerprint density at radius 1 is 1.00 bits per heavy atom. The van der Waals surface area contributed by atoms with Gasteiger partial charge in [0.1, 0.15) is 0 Å². The van der Waals surface area contributed by atoms with E-state index in [0.29, 0.717) is 0 Å². The molecule has 0 saturated carbocycles. The van der Waals surface area contributed by atoms with Gasteiger partial charge in [0.15, 0.2) is 5.11 Å². The summed E-state index contributed by atoms with van der Waals surface area (Å²) in [5, 5.41) is 7.57. The summed E-state index contributed by atoms with van der Waals surface area (Å²) in [6, 6.07) is 18.4. The van der Waals surface area contributed by atoms with Crippen LogP contribution in [0.4, 0.5) is 17.1 Å². The topological polar surface area (TPSA) is 27.3 Å². The van der Waals surface area contributed by atoms with E-state index < -0.39 is 0 Å². The molecule has 2 aromatic rings. The van der Waals surface area contributed by atoms with Crippen LogP contribution in [0.15, 0.2) is 54.6 Å². The summed E-state index contributed by atoms with van der Waals surface area (Å²) in [6.45, 7) is 4.40. The van der Waals surface area contributed by atoms with Crippen LogP contribution in [0, 0.1) is 5.92 Å². The van der Waals surface area contributed by atoms with Crippen molar-refractivity contribution in [3.05, 3.63) is 54.6 Å². The van der Waals surface area contributed by atoms with Crippen molar-refractivity contribution in [1.29, 1.82) is 0 Å². The molecule has 0 aromatic heterocycles. The van der Waals surface area contributed by atoms with Crippen molar-refractivity contribution in [2.75, 3.05) is 23.7 Å². The first-order valence-electron chi connectivity index (χ1n) is 8.19. The van der Waals surface area contributed by atoms with Crippen molar-refractivity contribution in [3.63, 3.8) is 0 Å². The molecule has 1 atom stereocenters. The Bertz CT molecular complexity index is 639. The van der Waals surface area contributed by atoms with Gasteiger partial charge < -0.3 is 15.5 Å². The number of rotatable bonds is 3. The van der Waals surface area contributed by atoms with Gasteiger partial charge in [0.05, 0.1) is 0 Å². The lowest BCUT2D eigenvalue weighted by molar-refractivity contribution is 0.276. The summed E-state index contributed by atoms with van der Waals surface area (Å²) in [4.78, 5) is 2.28. The molecule has 0 aliphatic carbocycles. The number of thiocarbonyl (C=S) groups is 1. The number of benzene rings is 2. The highest BCUT2D eigenvalue weighted by Crippen LogP contribution is 2.20. The monoisotopic (exact) mass is 325 g/mol. The summed E-state index contributed by atoms with van der Waals surface area (Å²) in [5.41, 5.74) is 3.19. The van der Waals surface area contributed by atoms with Crippen LogP contribution in [0.1, 0.15) is 19.8 Å². The molecule has 1 saturated heterocycles. The number of para-hydroxylation sites is 1. The van der Waals surface area contributed by atoms with E-state index in [4.69, 9.17) is 12.2 Å². The van der Waals surface area contributed by atoms with E-state index in [1.807, 2.05) is 18.2 Å². The van der Waals surface area contributed by atoms with Crippen LogP contribution in [0.2, 0.25) is 0 Å². The molecule has 2 aromatic carbocycles. The first-order valence-corrected chi connectivity index (χ1v) is 8.59. The van der Waals surface area contributed by atoms with Crippen molar-refractivity contribution < 1.29 is 0 Å². The number of hydrogen-bond acceptors (Lipinski definition) is 2. The second kappa shape index (κ2) is 7.47. The zero-order valence-corrected chi connectivity index (χ0v) is 14.3. The number of nitrogens with one attached hydrogen (secondary N) is 2. The lowest BCUT2D eigenvalue weighted by Gasteiger charge is -2.33. The maximum Gasteiger partial charge on any atom is 0.173 e. The second-order valence-corrected chi connectivity index (χ2v) is 6.58. The molecule has 0 radical (unpaired) electrons. The molecule has 0 unspecified atom stereocenters. The van der Waals surface area contributed by atoms with Crippen molar-refractivity contribution in [2.45, 2.75) is 19.8 Å². The minimum Gasteiger partial charge on any atom is -0.356 e. The Labute approximate surface area is 143 Å². The molecule has 0 amide bonds. The van der Waals surface area contributed by atoms with Gasteiger partial charge in [-0.2, -0.15) is 0 Å². The molecule has 1 aliphatic heterocycles. The van der Waals surface area contributed by atoms with E-state index in [9.17, 15) is 0 Å². The SMILES string of the molecule is C[C@@H]1CCCN(C(=S)Nc2ccc(Nc3ccccc3)cc2)C1. The fourth-order valence-electron chi connectivity index (χ4n) is 2.90. The zero-order valence-electron chi connectivity index (χ0n) is 13.5. The van der Waals surface area contributed by atoms with E-state index in [2.05, 4.69) is 58.9 Å². The molecule has 1 fully saturated rings.